The summed E-state index contributed by atoms with van der Waals surface area (Å²) in [5.74, 6) is -0.343. The van der Waals surface area contributed by atoms with Crippen molar-refractivity contribution >= 4 is 11.6 Å². The summed E-state index contributed by atoms with van der Waals surface area (Å²) in [4.78, 5) is 0. The van der Waals surface area contributed by atoms with Crippen molar-refractivity contribution in [1.29, 1.82) is 0 Å². The number of rotatable bonds is 2. The number of benzene rings is 2. The number of methoxy groups -OCH3 is 1. The van der Waals surface area contributed by atoms with E-state index in [4.69, 9.17) is 16.3 Å². The van der Waals surface area contributed by atoms with Gasteiger partial charge in [-0.3, -0.25) is 0 Å². The van der Waals surface area contributed by atoms with Crippen LogP contribution in [0.3, 0.4) is 0 Å². The van der Waals surface area contributed by atoms with Crippen LogP contribution in [0.4, 0.5) is 4.39 Å². The van der Waals surface area contributed by atoms with Gasteiger partial charge in [0.15, 0.2) is 11.6 Å². The molecule has 0 saturated carbocycles. The van der Waals surface area contributed by atoms with Gasteiger partial charge in [0.1, 0.15) is 0 Å². The maximum absolute atomic E-state index is 14.0. The van der Waals surface area contributed by atoms with Crippen molar-refractivity contribution in [2.24, 2.45) is 0 Å². The molecule has 3 heteroatoms. The summed E-state index contributed by atoms with van der Waals surface area (Å²) >= 11 is 5.82. The molecule has 0 fully saturated rings. The molecule has 0 aliphatic carbocycles. The van der Waals surface area contributed by atoms with E-state index in [-0.39, 0.29) is 10.8 Å². The topological polar surface area (TPSA) is 9.23 Å². The minimum Gasteiger partial charge on any atom is -0.492 e. The molecule has 0 amide bonds. The molecule has 0 radical (unpaired) electrons. The molecule has 0 aliphatic heterocycles. The third-order valence-corrected chi connectivity index (χ3v) is 2.64. The second kappa shape index (κ2) is 4.54. The lowest BCUT2D eigenvalue weighted by Gasteiger charge is -2.09. The minimum absolute atomic E-state index is 0.0861. The molecule has 0 atom stereocenters. The normalized spacial score (nSPS) is 10.2. The smallest absolute Gasteiger partial charge is 0.174 e. The SMILES string of the molecule is COc1c(Cl)ccc(-c2ccccc2)c1F. The Morgan fingerprint density at radius 1 is 1.06 bits per heavy atom. The Bertz CT molecular complexity index is 497. The lowest BCUT2D eigenvalue weighted by Crippen LogP contribution is -1.92. The van der Waals surface area contributed by atoms with Crippen LogP contribution in [-0.2, 0) is 0 Å². The molecule has 2 aromatic carbocycles. The standard InChI is InChI=1S/C13H10ClFO/c1-16-13-11(14)8-7-10(12(13)15)9-5-3-2-4-6-9/h2-8H,1H3. The summed E-state index contributed by atoms with van der Waals surface area (Å²) in [6.07, 6.45) is 0. The molecule has 0 bridgehead atoms. The second-order valence-corrected chi connectivity index (χ2v) is 3.72. The van der Waals surface area contributed by atoms with Gasteiger partial charge in [-0.1, -0.05) is 41.9 Å². The highest BCUT2D eigenvalue weighted by Gasteiger charge is 2.13. The number of ether oxygens (including phenoxy) is 1. The first-order valence-corrected chi connectivity index (χ1v) is 5.19. The van der Waals surface area contributed by atoms with Crippen molar-refractivity contribution in [3.8, 4) is 16.9 Å². The van der Waals surface area contributed by atoms with Crippen molar-refractivity contribution < 1.29 is 9.13 Å². The predicted molar refractivity (Wildman–Crippen MR) is 63.4 cm³/mol. The van der Waals surface area contributed by atoms with E-state index < -0.39 is 5.82 Å². The monoisotopic (exact) mass is 236 g/mol. The number of halogens is 2. The van der Waals surface area contributed by atoms with Gasteiger partial charge in [-0.2, -0.15) is 0 Å². The zero-order chi connectivity index (χ0) is 11.5. The summed E-state index contributed by atoms with van der Waals surface area (Å²) < 4.78 is 18.9. The van der Waals surface area contributed by atoms with Crippen LogP contribution >= 0.6 is 11.6 Å². The summed E-state index contributed by atoms with van der Waals surface area (Å²) in [7, 11) is 1.40. The molecule has 2 aromatic rings. The number of hydrogen-bond acceptors (Lipinski definition) is 1. The minimum atomic E-state index is -0.429. The highest BCUT2D eigenvalue weighted by molar-refractivity contribution is 6.32. The van der Waals surface area contributed by atoms with E-state index in [1.54, 1.807) is 12.1 Å². The first-order chi connectivity index (χ1) is 7.74. The molecule has 0 N–H and O–H groups in total. The Kier molecular flexibility index (Phi) is 3.11. The lowest BCUT2D eigenvalue weighted by molar-refractivity contribution is 0.387. The Morgan fingerprint density at radius 2 is 1.75 bits per heavy atom. The van der Waals surface area contributed by atoms with Gasteiger partial charge >= 0.3 is 0 Å². The van der Waals surface area contributed by atoms with Gasteiger partial charge < -0.3 is 4.74 Å². The maximum Gasteiger partial charge on any atom is 0.174 e. The largest absolute Gasteiger partial charge is 0.492 e. The van der Waals surface area contributed by atoms with Crippen LogP contribution < -0.4 is 4.74 Å². The van der Waals surface area contributed by atoms with Crippen LogP contribution in [0.25, 0.3) is 11.1 Å². The van der Waals surface area contributed by atoms with Crippen molar-refractivity contribution in [1.82, 2.24) is 0 Å². The molecular formula is C13H10ClFO. The van der Waals surface area contributed by atoms with Crippen molar-refractivity contribution in [2.75, 3.05) is 7.11 Å². The number of hydrogen-bond donors (Lipinski definition) is 0. The van der Waals surface area contributed by atoms with Gasteiger partial charge in [-0.05, 0) is 17.7 Å². The Labute approximate surface area is 98.4 Å². The fraction of sp³-hybridized carbons (Fsp3) is 0.0769. The summed E-state index contributed by atoms with van der Waals surface area (Å²) in [6, 6.07) is 12.6. The van der Waals surface area contributed by atoms with Gasteiger partial charge in [0.05, 0.1) is 12.1 Å². The highest BCUT2D eigenvalue weighted by Crippen LogP contribution is 2.34. The average molecular weight is 237 g/mol. The van der Waals surface area contributed by atoms with E-state index in [2.05, 4.69) is 0 Å². The van der Waals surface area contributed by atoms with Gasteiger partial charge in [0.25, 0.3) is 0 Å². The molecule has 0 saturated heterocycles. The quantitative estimate of drug-likeness (QED) is 0.761. The molecule has 16 heavy (non-hydrogen) atoms. The van der Waals surface area contributed by atoms with Gasteiger partial charge in [0.2, 0.25) is 0 Å². The Balaban J connectivity index is 2.59. The van der Waals surface area contributed by atoms with Crippen LogP contribution in [0, 0.1) is 5.82 Å². The van der Waals surface area contributed by atoms with Crippen molar-refractivity contribution in [3.63, 3.8) is 0 Å². The van der Waals surface area contributed by atoms with E-state index in [1.165, 1.54) is 7.11 Å². The van der Waals surface area contributed by atoms with E-state index in [1.807, 2.05) is 30.3 Å². The van der Waals surface area contributed by atoms with Gasteiger partial charge in [0, 0.05) is 5.56 Å². The van der Waals surface area contributed by atoms with Gasteiger partial charge in [-0.25, -0.2) is 4.39 Å². The lowest BCUT2D eigenvalue weighted by atomic mass is 10.0. The first kappa shape index (κ1) is 11.0. The molecule has 0 aromatic heterocycles. The molecule has 0 aliphatic rings. The molecule has 0 heterocycles. The highest BCUT2D eigenvalue weighted by atomic mass is 35.5. The van der Waals surface area contributed by atoms with E-state index in [0.29, 0.717) is 5.56 Å². The van der Waals surface area contributed by atoms with E-state index in [0.717, 1.165) is 5.56 Å². The van der Waals surface area contributed by atoms with Crippen LogP contribution in [0.5, 0.6) is 5.75 Å². The molecule has 1 nitrogen and oxygen atoms in total. The average Bonchev–Trinajstić information content (AvgIpc) is 2.31. The van der Waals surface area contributed by atoms with Crippen LogP contribution in [0.2, 0.25) is 5.02 Å². The zero-order valence-corrected chi connectivity index (χ0v) is 9.46. The molecule has 0 unspecified atom stereocenters. The maximum atomic E-state index is 14.0. The van der Waals surface area contributed by atoms with Gasteiger partial charge in [-0.15, -0.1) is 0 Å². The Hall–Kier alpha value is -1.54. The van der Waals surface area contributed by atoms with Crippen LogP contribution in [0.1, 0.15) is 0 Å². The molecule has 0 spiro atoms. The molecule has 82 valence electrons. The molecule has 2 rings (SSSR count). The fourth-order valence-corrected chi connectivity index (χ4v) is 1.78. The summed E-state index contributed by atoms with van der Waals surface area (Å²) in [6.45, 7) is 0. The predicted octanol–water partition coefficient (Wildman–Crippen LogP) is 4.15. The second-order valence-electron chi connectivity index (χ2n) is 3.31. The van der Waals surface area contributed by atoms with Crippen LogP contribution in [-0.4, -0.2) is 7.11 Å². The van der Waals surface area contributed by atoms with Crippen molar-refractivity contribution in [2.45, 2.75) is 0 Å². The van der Waals surface area contributed by atoms with E-state index >= 15 is 0 Å². The zero-order valence-electron chi connectivity index (χ0n) is 8.71. The third-order valence-electron chi connectivity index (χ3n) is 2.34. The van der Waals surface area contributed by atoms with E-state index in [9.17, 15) is 4.39 Å². The first-order valence-electron chi connectivity index (χ1n) is 4.81. The fourth-order valence-electron chi connectivity index (χ4n) is 1.56. The van der Waals surface area contributed by atoms with Crippen LogP contribution in [0.15, 0.2) is 42.5 Å². The Morgan fingerprint density at radius 3 is 2.38 bits per heavy atom. The summed E-state index contributed by atoms with van der Waals surface area (Å²) in [5.41, 5.74) is 1.29. The molecular weight excluding hydrogens is 227 g/mol. The third kappa shape index (κ3) is 1.89. The summed E-state index contributed by atoms with van der Waals surface area (Å²) in [5, 5.41) is 0.277. The van der Waals surface area contributed by atoms with Crippen molar-refractivity contribution in [3.05, 3.63) is 53.3 Å².